The van der Waals surface area contributed by atoms with Gasteiger partial charge in [-0.1, -0.05) is 111 Å². The molecule has 2 fully saturated rings. The minimum atomic E-state index is -4.99. The quantitative estimate of drug-likeness (QED) is 0.0194. The van der Waals surface area contributed by atoms with E-state index in [0.29, 0.717) is 54.7 Å². The standard InChI is InChI=1S/C87H140N14O28P2/c1-16-56(8)77(99(13)86(114)75(54(4)5)97-85(113)76(55(6)7)98(11)12)67(121-14)50-73(107)100-38-22-26-65(100)78(122-15)57(9)80(108)91-58(10)79(60-23-18-17-19-24-60)129-131(119,120)128-52-59-27-29-61(30-28-59)92-81(109)62(25-20-21-36-88)95-84(112)74(53(2)3)96-82(110)64(49-70(104)93-63-33-40-127-87(63)115)94-69(103)34-39-123-42-44-125-46-47-126-45-43-124-41-37-89-83(111)66(101-71(105)31-32-72(101)106)51-90-68(102)35-48-130(116,117)118/h17-19,23-24,27-32,53-58,62-67,74-79H,16,20-22,25-26,33-52,88H2,1-15H3,(H,89,111)(H,90,102)(H,91,108)(H,92,109)(H,93,104)(H,94,103)(H,95,112)(H,96,110)(H,97,113)(H,119,120)(H2,116,117,118)/t56-,57+,58+,62-,63-,64-,65-,66-,67+,74-,75-,76-,77-,78+,79+/m0/s1. The Kier molecular flexibility index (Phi) is 48.8. The zero-order valence-corrected chi connectivity index (χ0v) is 79.7. The SMILES string of the molecule is CC[C@H](C)[C@@H]([C@@H](CC(=O)N1CCC[C@H]1[C@H](OC)[C@@H](C)C(=O)N[C@H](C)[C@@H](OP(=O)(O)OCc1ccc(NC(=O)[C@H](CCCCN)NC(=O)[C@@H](NC(=O)[C@H](CC(=O)N[C@H]2CCOC2=O)NC(=O)CCOCCOCCOCCOCCNC(=O)[C@H](CNC(=O)CCP(=O)(O)O)N2C(=O)C=CC2=O)C(C)C)cc1)c1ccccc1)OC)N(C)C(=O)[C@@H](NC(=O)[C@H](C(C)C)N(C)C)C(C)C. The number of phosphoric acid groups is 1. The highest BCUT2D eigenvalue weighted by Crippen LogP contribution is 2.50. The number of amides is 13. The molecular formula is C87H140N14O28P2. The summed E-state index contributed by atoms with van der Waals surface area (Å²) in [5.74, 6) is -11.1. The molecule has 2 saturated heterocycles. The van der Waals surface area contributed by atoms with Gasteiger partial charge in [0.25, 0.3) is 11.8 Å². The third kappa shape index (κ3) is 37.7. The topological polar surface area (TPSA) is 564 Å². The zero-order valence-electron chi connectivity index (χ0n) is 77.9. The molecule has 2 aromatic rings. The van der Waals surface area contributed by atoms with Gasteiger partial charge >= 0.3 is 21.4 Å². The van der Waals surface area contributed by atoms with Crippen LogP contribution in [-0.4, -0.2) is 317 Å². The summed E-state index contributed by atoms with van der Waals surface area (Å²) in [4.78, 5) is 224. The van der Waals surface area contributed by atoms with Crippen LogP contribution in [0.5, 0.6) is 0 Å². The lowest BCUT2D eigenvalue weighted by atomic mass is 9.89. The van der Waals surface area contributed by atoms with E-state index in [4.69, 9.17) is 57.7 Å². The lowest BCUT2D eigenvalue weighted by Crippen LogP contribution is -2.59. The van der Waals surface area contributed by atoms with Gasteiger partial charge in [0.15, 0.2) is 0 Å². The molecular weight excluding hydrogens is 1750 g/mol. The number of carbonyl (C=O) groups is 14. The van der Waals surface area contributed by atoms with Crippen LogP contribution < -0.4 is 53.6 Å². The van der Waals surface area contributed by atoms with Crippen molar-refractivity contribution in [3.05, 3.63) is 77.9 Å². The van der Waals surface area contributed by atoms with Gasteiger partial charge in [0.2, 0.25) is 65.0 Å². The molecule has 0 aliphatic carbocycles. The Morgan fingerprint density at radius 3 is 1.79 bits per heavy atom. The monoisotopic (exact) mass is 1890 g/mol. The number of benzene rings is 2. The first-order chi connectivity index (χ1) is 62.0. The molecule has 0 aromatic heterocycles. The van der Waals surface area contributed by atoms with Crippen LogP contribution in [0.25, 0.3) is 0 Å². The van der Waals surface area contributed by atoms with E-state index in [9.17, 15) is 81.1 Å². The number of nitrogens with two attached hydrogens (primary N) is 1. The molecule has 3 aliphatic rings. The number of likely N-dealkylation sites (tertiary alicyclic amines) is 1. The Morgan fingerprint density at radius 2 is 1.24 bits per heavy atom. The molecule has 3 aliphatic heterocycles. The maximum atomic E-state index is 14.7. The molecule has 2 aromatic carbocycles. The summed E-state index contributed by atoms with van der Waals surface area (Å²) in [6.07, 6.45) is -0.440. The first-order valence-electron chi connectivity index (χ1n) is 44.5. The van der Waals surface area contributed by atoms with Crippen LogP contribution in [0.2, 0.25) is 0 Å². The van der Waals surface area contributed by atoms with Crippen molar-refractivity contribution in [1.82, 2.24) is 62.1 Å². The number of hydrogen-bond donors (Lipinski definition) is 13. The molecule has 1 unspecified atom stereocenters. The average Bonchev–Trinajstić information content (AvgIpc) is 1.65. The van der Waals surface area contributed by atoms with Crippen molar-refractivity contribution in [2.24, 2.45) is 35.3 Å². The van der Waals surface area contributed by atoms with Crippen LogP contribution in [0.15, 0.2) is 66.7 Å². The number of rotatable bonds is 62. The van der Waals surface area contributed by atoms with Crippen LogP contribution in [0.1, 0.15) is 157 Å². The summed E-state index contributed by atoms with van der Waals surface area (Å²) in [5.41, 5.74) is 6.86. The van der Waals surface area contributed by atoms with Gasteiger partial charge in [0, 0.05) is 78.0 Å². The van der Waals surface area contributed by atoms with Gasteiger partial charge in [-0.25, -0.2) is 9.36 Å². The Hall–Kier alpha value is -9.10. The van der Waals surface area contributed by atoms with E-state index in [1.165, 1.54) is 38.5 Å². The van der Waals surface area contributed by atoms with Gasteiger partial charge in [-0.05, 0) is 107 Å². The van der Waals surface area contributed by atoms with Crippen LogP contribution in [0.3, 0.4) is 0 Å². The molecule has 736 valence electrons. The van der Waals surface area contributed by atoms with Crippen LogP contribution >= 0.6 is 15.4 Å². The van der Waals surface area contributed by atoms with E-state index in [2.05, 4.69) is 47.9 Å². The highest BCUT2D eigenvalue weighted by molar-refractivity contribution is 7.51. The maximum absolute atomic E-state index is 14.7. The molecule has 0 saturated carbocycles. The molecule has 3 heterocycles. The average molecular weight is 1890 g/mol. The summed E-state index contributed by atoms with van der Waals surface area (Å²) < 4.78 is 75.9. The lowest BCUT2D eigenvalue weighted by molar-refractivity contribution is -0.148. The highest BCUT2D eigenvalue weighted by atomic mass is 31.2. The number of nitrogens with zero attached hydrogens (tertiary/aromatic N) is 4. The maximum Gasteiger partial charge on any atom is 0.473 e. The number of likely N-dealkylation sites (N-methyl/N-ethyl adjacent to an activating group) is 2. The minimum Gasteiger partial charge on any atom is -0.464 e. The van der Waals surface area contributed by atoms with Gasteiger partial charge in [0.05, 0.1) is 127 Å². The van der Waals surface area contributed by atoms with Crippen molar-refractivity contribution in [2.75, 3.05) is 132 Å². The summed E-state index contributed by atoms with van der Waals surface area (Å²) in [7, 11) is -1.19. The van der Waals surface area contributed by atoms with E-state index >= 15 is 0 Å². The highest BCUT2D eigenvalue weighted by Gasteiger charge is 2.46. The van der Waals surface area contributed by atoms with Crippen LogP contribution in [0, 0.1) is 29.6 Å². The van der Waals surface area contributed by atoms with E-state index in [1.807, 2.05) is 60.5 Å². The predicted molar refractivity (Wildman–Crippen MR) is 479 cm³/mol. The molecule has 13 amide bonds. The van der Waals surface area contributed by atoms with Crippen molar-refractivity contribution in [3.63, 3.8) is 0 Å². The second kappa shape index (κ2) is 56.8. The molecule has 42 nitrogen and oxygen atoms in total. The van der Waals surface area contributed by atoms with Gasteiger partial charge < -0.3 is 111 Å². The molecule has 131 heavy (non-hydrogen) atoms. The Bertz CT molecular complexity index is 4160. The van der Waals surface area contributed by atoms with Gasteiger partial charge in [0.1, 0.15) is 42.4 Å². The van der Waals surface area contributed by atoms with Gasteiger partial charge in [-0.2, -0.15) is 0 Å². The Morgan fingerprint density at radius 1 is 0.626 bits per heavy atom. The molecule has 14 N–H and O–H groups in total. The fourth-order valence-electron chi connectivity index (χ4n) is 15.4. The normalized spacial score (nSPS) is 18.1. The number of nitrogens with one attached hydrogen (secondary N) is 9. The molecule has 0 radical (unpaired) electrons. The number of phosphoric ester groups is 1. The van der Waals surface area contributed by atoms with E-state index in [0.717, 1.165) is 12.2 Å². The summed E-state index contributed by atoms with van der Waals surface area (Å²) in [6.45, 7) is 18.2. The fraction of sp³-hybridized carbons (Fsp3) is 0.678. The van der Waals surface area contributed by atoms with Crippen molar-refractivity contribution in [1.29, 1.82) is 0 Å². The van der Waals surface area contributed by atoms with Crippen molar-refractivity contribution < 1.29 is 133 Å². The first-order valence-corrected chi connectivity index (χ1v) is 47.8. The number of esters is 1. The summed E-state index contributed by atoms with van der Waals surface area (Å²) in [6, 6.07) is 4.41. The van der Waals surface area contributed by atoms with Gasteiger partial charge in [-0.3, -0.25) is 85.7 Å². The first kappa shape index (κ1) is 112. The number of anilines is 1. The van der Waals surface area contributed by atoms with E-state index < -0.39 is 203 Å². The van der Waals surface area contributed by atoms with E-state index in [-0.39, 0.29) is 139 Å². The number of ether oxygens (including phenoxy) is 7. The molecule has 44 heteroatoms. The second-order valence-corrected chi connectivity index (χ2v) is 37.1. The van der Waals surface area contributed by atoms with Crippen molar-refractivity contribution >= 4 is 104 Å². The zero-order chi connectivity index (χ0) is 97.4. The predicted octanol–water partition coefficient (Wildman–Crippen LogP) is 1.76. The third-order valence-electron chi connectivity index (χ3n) is 22.6. The second-order valence-electron chi connectivity index (χ2n) is 33.9. The van der Waals surface area contributed by atoms with Crippen molar-refractivity contribution in [3.8, 4) is 0 Å². The Labute approximate surface area is 766 Å². The Balaban J connectivity index is 1.13. The number of imide groups is 1. The van der Waals surface area contributed by atoms with Crippen molar-refractivity contribution in [2.45, 2.75) is 225 Å². The lowest BCUT2D eigenvalue weighted by Gasteiger charge is -2.41. The summed E-state index contributed by atoms with van der Waals surface area (Å²) >= 11 is 0. The van der Waals surface area contributed by atoms with Gasteiger partial charge in [-0.15, -0.1) is 0 Å². The van der Waals surface area contributed by atoms with E-state index in [1.54, 1.807) is 74.9 Å². The number of unbranched alkanes of at least 4 members (excludes halogenated alkanes) is 1. The largest absolute Gasteiger partial charge is 0.473 e. The summed E-state index contributed by atoms with van der Waals surface area (Å²) in [5, 5.41) is 24.0. The van der Waals surface area contributed by atoms with Crippen LogP contribution in [-0.2, 0) is 125 Å². The molecule has 0 bridgehead atoms. The number of carbonyl (C=O) groups excluding carboxylic acids is 14. The minimum absolute atomic E-state index is 0.00882. The number of cyclic esters (lactones) is 1. The van der Waals surface area contributed by atoms with Crippen LogP contribution in [0.4, 0.5) is 5.69 Å². The smallest absolute Gasteiger partial charge is 0.464 e. The third-order valence-corrected chi connectivity index (χ3v) is 24.4. The molecule has 16 atom stereocenters. The molecule has 0 spiro atoms. The number of hydrogen-bond acceptors (Lipinski definition) is 27. The molecule has 5 rings (SSSR count). The fourth-order valence-corrected chi connectivity index (χ4v) is 16.8. The number of methoxy groups -OCH3 is 2.